The summed E-state index contributed by atoms with van der Waals surface area (Å²) in [5.41, 5.74) is 1.02. The van der Waals surface area contributed by atoms with Crippen LogP contribution in [-0.4, -0.2) is 36.7 Å². The molecule has 0 bridgehead atoms. The fraction of sp³-hybridized carbons (Fsp3) is 0.647. The zero-order valence-corrected chi connectivity index (χ0v) is 12.8. The molecule has 2 heterocycles. The minimum Gasteiger partial charge on any atom is -0.489 e. The first kappa shape index (κ1) is 14.8. The molecule has 1 unspecified atom stereocenters. The van der Waals surface area contributed by atoms with E-state index in [9.17, 15) is 4.39 Å². The normalized spacial score (nSPS) is 27.0. The van der Waals surface area contributed by atoms with E-state index in [4.69, 9.17) is 4.74 Å². The lowest BCUT2D eigenvalue weighted by molar-refractivity contribution is 0.166. The van der Waals surface area contributed by atoms with Gasteiger partial charge >= 0.3 is 0 Å². The van der Waals surface area contributed by atoms with Crippen LogP contribution in [-0.2, 0) is 6.54 Å². The van der Waals surface area contributed by atoms with Crippen LogP contribution < -0.4 is 10.1 Å². The number of benzene rings is 1. The topological polar surface area (TPSA) is 24.5 Å². The first-order valence-electron chi connectivity index (χ1n) is 8.11. The molecule has 0 saturated carbocycles. The standard InChI is InChI=1S/C17H25FN2O/c1-13-4-3-7-20(13)12-14-8-15(18)10-17(9-14)21-16-5-2-6-19-11-16/h8-10,13,16,19H,2-7,11-12H2,1H3/t13-,16?/m0/s1. The first-order chi connectivity index (χ1) is 10.2. The van der Waals surface area contributed by atoms with Gasteiger partial charge in [-0.05, 0) is 63.4 Å². The van der Waals surface area contributed by atoms with Gasteiger partial charge in [0.1, 0.15) is 17.7 Å². The molecule has 1 N–H and O–H groups in total. The Morgan fingerprint density at radius 1 is 1.29 bits per heavy atom. The maximum Gasteiger partial charge on any atom is 0.127 e. The van der Waals surface area contributed by atoms with Gasteiger partial charge in [-0.1, -0.05) is 0 Å². The van der Waals surface area contributed by atoms with E-state index >= 15 is 0 Å². The molecule has 0 aliphatic carbocycles. The molecule has 0 amide bonds. The van der Waals surface area contributed by atoms with Crippen LogP contribution in [0.25, 0.3) is 0 Å². The van der Waals surface area contributed by atoms with Crippen molar-refractivity contribution in [2.45, 2.75) is 51.3 Å². The lowest BCUT2D eigenvalue weighted by Gasteiger charge is -2.25. The molecule has 4 heteroatoms. The van der Waals surface area contributed by atoms with E-state index in [0.717, 1.165) is 44.6 Å². The molecule has 1 aromatic carbocycles. The highest BCUT2D eigenvalue weighted by atomic mass is 19.1. The SMILES string of the molecule is C[C@H]1CCCN1Cc1cc(F)cc(OC2CCCNC2)c1. The van der Waals surface area contributed by atoms with Gasteiger partial charge in [-0.15, -0.1) is 0 Å². The average molecular weight is 292 g/mol. The van der Waals surface area contributed by atoms with Crippen LogP contribution in [0.2, 0.25) is 0 Å². The molecule has 2 saturated heterocycles. The number of hydrogen-bond donors (Lipinski definition) is 1. The molecule has 21 heavy (non-hydrogen) atoms. The molecular formula is C17H25FN2O. The molecule has 0 aromatic heterocycles. The third kappa shape index (κ3) is 3.95. The molecule has 0 spiro atoms. The van der Waals surface area contributed by atoms with Crippen molar-refractivity contribution in [3.8, 4) is 5.75 Å². The van der Waals surface area contributed by atoms with Crippen LogP contribution >= 0.6 is 0 Å². The highest BCUT2D eigenvalue weighted by Crippen LogP contribution is 2.24. The van der Waals surface area contributed by atoms with Crippen LogP contribution in [0.3, 0.4) is 0 Å². The Labute approximate surface area is 126 Å². The van der Waals surface area contributed by atoms with Crippen molar-refractivity contribution in [3.05, 3.63) is 29.6 Å². The Morgan fingerprint density at radius 3 is 2.90 bits per heavy atom. The van der Waals surface area contributed by atoms with Gasteiger partial charge in [0.25, 0.3) is 0 Å². The predicted molar refractivity (Wildman–Crippen MR) is 82.0 cm³/mol. The number of halogens is 1. The summed E-state index contributed by atoms with van der Waals surface area (Å²) in [7, 11) is 0. The van der Waals surface area contributed by atoms with Gasteiger partial charge < -0.3 is 10.1 Å². The summed E-state index contributed by atoms with van der Waals surface area (Å²) in [6.07, 6.45) is 4.82. The molecule has 2 atom stereocenters. The van der Waals surface area contributed by atoms with Crippen molar-refractivity contribution in [3.63, 3.8) is 0 Å². The summed E-state index contributed by atoms with van der Waals surface area (Å²) < 4.78 is 19.8. The van der Waals surface area contributed by atoms with Crippen LogP contribution in [0.15, 0.2) is 18.2 Å². The van der Waals surface area contributed by atoms with Gasteiger partial charge in [-0.2, -0.15) is 0 Å². The minimum atomic E-state index is -0.196. The molecular weight excluding hydrogens is 267 g/mol. The molecule has 3 nitrogen and oxygen atoms in total. The molecule has 2 fully saturated rings. The number of piperidine rings is 1. The van der Waals surface area contributed by atoms with E-state index < -0.39 is 0 Å². The maximum absolute atomic E-state index is 13.8. The maximum atomic E-state index is 13.8. The van der Waals surface area contributed by atoms with Crippen molar-refractivity contribution >= 4 is 0 Å². The number of nitrogens with one attached hydrogen (secondary N) is 1. The Hall–Kier alpha value is -1.13. The Bertz CT molecular complexity index is 474. The Kier molecular flexibility index (Phi) is 4.76. The molecule has 1 aromatic rings. The minimum absolute atomic E-state index is 0.166. The number of rotatable bonds is 4. The van der Waals surface area contributed by atoms with Crippen molar-refractivity contribution in [2.75, 3.05) is 19.6 Å². The summed E-state index contributed by atoms with van der Waals surface area (Å²) in [6, 6.07) is 5.74. The summed E-state index contributed by atoms with van der Waals surface area (Å²) in [5, 5.41) is 3.32. The van der Waals surface area contributed by atoms with Gasteiger partial charge in [-0.25, -0.2) is 4.39 Å². The van der Waals surface area contributed by atoms with Crippen LogP contribution in [0.1, 0.15) is 38.2 Å². The van der Waals surface area contributed by atoms with E-state index in [1.165, 1.54) is 18.9 Å². The summed E-state index contributed by atoms with van der Waals surface area (Å²) in [6.45, 7) is 6.09. The molecule has 2 aliphatic heterocycles. The fourth-order valence-electron chi connectivity index (χ4n) is 3.36. The highest BCUT2D eigenvalue weighted by Gasteiger charge is 2.21. The predicted octanol–water partition coefficient (Wildman–Crippen LogP) is 2.94. The van der Waals surface area contributed by atoms with Gasteiger partial charge in [-0.3, -0.25) is 4.90 Å². The largest absolute Gasteiger partial charge is 0.489 e. The number of nitrogens with zero attached hydrogens (tertiary/aromatic N) is 1. The molecule has 2 aliphatic rings. The second-order valence-electron chi connectivity index (χ2n) is 6.34. The zero-order chi connectivity index (χ0) is 14.7. The third-order valence-corrected chi connectivity index (χ3v) is 4.56. The second kappa shape index (κ2) is 6.75. The zero-order valence-electron chi connectivity index (χ0n) is 12.8. The monoisotopic (exact) mass is 292 g/mol. The van der Waals surface area contributed by atoms with Crippen molar-refractivity contribution in [1.29, 1.82) is 0 Å². The number of likely N-dealkylation sites (tertiary alicyclic amines) is 1. The highest BCUT2D eigenvalue weighted by molar-refractivity contribution is 5.30. The van der Waals surface area contributed by atoms with Gasteiger partial charge in [0.15, 0.2) is 0 Å². The fourth-order valence-corrected chi connectivity index (χ4v) is 3.36. The summed E-state index contributed by atoms with van der Waals surface area (Å²) in [4.78, 5) is 2.42. The Morgan fingerprint density at radius 2 is 2.19 bits per heavy atom. The van der Waals surface area contributed by atoms with Gasteiger partial charge in [0, 0.05) is 25.2 Å². The van der Waals surface area contributed by atoms with Crippen molar-refractivity contribution in [2.24, 2.45) is 0 Å². The van der Waals surface area contributed by atoms with Crippen LogP contribution in [0.4, 0.5) is 4.39 Å². The molecule has 116 valence electrons. The number of hydrogen-bond acceptors (Lipinski definition) is 3. The molecule has 3 rings (SSSR count). The van der Waals surface area contributed by atoms with Crippen molar-refractivity contribution < 1.29 is 9.13 Å². The first-order valence-corrected chi connectivity index (χ1v) is 8.11. The third-order valence-electron chi connectivity index (χ3n) is 4.56. The van der Waals surface area contributed by atoms with E-state index in [2.05, 4.69) is 17.1 Å². The van der Waals surface area contributed by atoms with E-state index in [0.29, 0.717) is 11.8 Å². The van der Waals surface area contributed by atoms with Crippen LogP contribution in [0.5, 0.6) is 5.75 Å². The summed E-state index contributed by atoms with van der Waals surface area (Å²) in [5.74, 6) is 0.476. The number of ether oxygens (including phenoxy) is 1. The average Bonchev–Trinajstić information content (AvgIpc) is 2.85. The smallest absolute Gasteiger partial charge is 0.127 e. The van der Waals surface area contributed by atoms with Gasteiger partial charge in [0.05, 0.1) is 0 Å². The lowest BCUT2D eigenvalue weighted by atomic mass is 10.1. The quantitative estimate of drug-likeness (QED) is 0.923. The summed E-state index contributed by atoms with van der Waals surface area (Å²) >= 11 is 0. The van der Waals surface area contributed by atoms with E-state index in [-0.39, 0.29) is 11.9 Å². The van der Waals surface area contributed by atoms with Crippen LogP contribution in [0, 0.1) is 5.82 Å². The lowest BCUT2D eigenvalue weighted by Crippen LogP contribution is -2.37. The van der Waals surface area contributed by atoms with E-state index in [1.54, 1.807) is 6.07 Å². The van der Waals surface area contributed by atoms with E-state index in [1.807, 2.05) is 6.07 Å². The molecule has 0 radical (unpaired) electrons. The van der Waals surface area contributed by atoms with Crippen molar-refractivity contribution in [1.82, 2.24) is 10.2 Å². The Balaban J connectivity index is 1.66. The van der Waals surface area contributed by atoms with Gasteiger partial charge in [0.2, 0.25) is 0 Å². The second-order valence-corrected chi connectivity index (χ2v) is 6.34.